The third-order valence-electron chi connectivity index (χ3n) is 3.01. The van der Waals surface area contributed by atoms with Crippen LogP contribution in [-0.2, 0) is 4.74 Å². The van der Waals surface area contributed by atoms with Crippen molar-refractivity contribution in [2.45, 2.75) is 24.4 Å². The minimum Gasteiger partial charge on any atom is -0.394 e. The summed E-state index contributed by atoms with van der Waals surface area (Å²) < 4.78 is 5.13. The zero-order chi connectivity index (χ0) is 15.0. The van der Waals surface area contributed by atoms with Crippen molar-refractivity contribution in [1.29, 1.82) is 0 Å². The maximum absolute atomic E-state index is 11.1. The molecule has 1 saturated heterocycles. The SMILES string of the molecule is NC(=O)c1n[nH]c([C@@H]2O[C@H](CO)[C@@H](O)[C@H]2O)c1[N+](=O)[O-]. The number of hydrogen-bond acceptors (Lipinski definition) is 8. The minimum absolute atomic E-state index is 0.300. The van der Waals surface area contributed by atoms with E-state index in [1.807, 2.05) is 0 Å². The van der Waals surface area contributed by atoms with Crippen LogP contribution in [-0.4, -0.2) is 61.3 Å². The maximum atomic E-state index is 11.1. The molecular weight excluding hydrogens is 276 g/mol. The van der Waals surface area contributed by atoms with Crippen molar-refractivity contribution in [2.24, 2.45) is 5.73 Å². The molecule has 110 valence electrons. The fourth-order valence-corrected chi connectivity index (χ4v) is 2.04. The van der Waals surface area contributed by atoms with E-state index in [1.54, 1.807) is 0 Å². The Morgan fingerprint density at radius 1 is 1.50 bits per heavy atom. The second-order valence-corrected chi connectivity index (χ2v) is 4.21. The topological polar surface area (TPSA) is 185 Å². The number of rotatable bonds is 4. The van der Waals surface area contributed by atoms with Gasteiger partial charge in [0.05, 0.1) is 11.5 Å². The number of aromatic nitrogens is 2. The van der Waals surface area contributed by atoms with E-state index < -0.39 is 53.2 Å². The maximum Gasteiger partial charge on any atom is 0.325 e. The van der Waals surface area contributed by atoms with Gasteiger partial charge < -0.3 is 25.8 Å². The van der Waals surface area contributed by atoms with Gasteiger partial charge in [0.15, 0.2) is 0 Å². The highest BCUT2D eigenvalue weighted by Gasteiger charge is 2.47. The molecular formula is C9H12N4O7. The van der Waals surface area contributed by atoms with Crippen LogP contribution in [0.2, 0.25) is 0 Å². The van der Waals surface area contributed by atoms with Crippen LogP contribution in [0.25, 0.3) is 0 Å². The van der Waals surface area contributed by atoms with Gasteiger partial charge in [-0.1, -0.05) is 0 Å². The van der Waals surface area contributed by atoms with Gasteiger partial charge in [0.1, 0.15) is 30.1 Å². The molecule has 0 radical (unpaired) electrons. The van der Waals surface area contributed by atoms with Crippen molar-refractivity contribution < 1.29 is 29.8 Å². The first kappa shape index (κ1) is 14.3. The van der Waals surface area contributed by atoms with Crippen LogP contribution in [0.3, 0.4) is 0 Å². The van der Waals surface area contributed by atoms with Gasteiger partial charge in [-0.15, -0.1) is 0 Å². The summed E-state index contributed by atoms with van der Waals surface area (Å²) in [6.07, 6.45) is -5.38. The molecule has 1 aromatic rings. The van der Waals surface area contributed by atoms with Crippen LogP contribution >= 0.6 is 0 Å². The first-order chi connectivity index (χ1) is 9.38. The lowest BCUT2D eigenvalue weighted by Crippen LogP contribution is -2.32. The van der Waals surface area contributed by atoms with Gasteiger partial charge in [0, 0.05) is 0 Å². The number of hydrogen-bond donors (Lipinski definition) is 5. The molecule has 20 heavy (non-hydrogen) atoms. The van der Waals surface area contributed by atoms with Crippen LogP contribution in [0.1, 0.15) is 22.3 Å². The van der Waals surface area contributed by atoms with Gasteiger partial charge in [0.2, 0.25) is 5.69 Å². The van der Waals surface area contributed by atoms with Crippen LogP contribution in [0.4, 0.5) is 5.69 Å². The van der Waals surface area contributed by atoms with Gasteiger partial charge >= 0.3 is 5.69 Å². The van der Waals surface area contributed by atoms with Crippen molar-refractivity contribution in [3.63, 3.8) is 0 Å². The van der Waals surface area contributed by atoms with Crippen LogP contribution in [0.5, 0.6) is 0 Å². The number of nitrogens with one attached hydrogen (secondary N) is 1. The predicted octanol–water partition coefficient (Wildman–Crippen LogP) is -2.43. The highest BCUT2D eigenvalue weighted by Crippen LogP contribution is 2.37. The zero-order valence-corrected chi connectivity index (χ0v) is 9.96. The third kappa shape index (κ3) is 2.12. The summed E-state index contributed by atoms with van der Waals surface area (Å²) in [6, 6.07) is 0. The molecule has 2 heterocycles. The van der Waals surface area contributed by atoms with Crippen LogP contribution in [0.15, 0.2) is 0 Å². The van der Waals surface area contributed by atoms with Gasteiger partial charge in [-0.3, -0.25) is 20.0 Å². The molecule has 1 aromatic heterocycles. The normalized spacial score (nSPS) is 29.6. The fraction of sp³-hybridized carbons (Fsp3) is 0.556. The molecule has 11 heteroatoms. The summed E-state index contributed by atoms with van der Waals surface area (Å²) >= 11 is 0. The number of aliphatic hydroxyl groups is 3. The Morgan fingerprint density at radius 2 is 2.15 bits per heavy atom. The number of aromatic amines is 1. The number of carbonyl (C=O) groups excluding carboxylic acids is 1. The molecule has 11 nitrogen and oxygen atoms in total. The van der Waals surface area contributed by atoms with Gasteiger partial charge in [0.25, 0.3) is 5.91 Å². The van der Waals surface area contributed by atoms with Crippen molar-refractivity contribution in [3.05, 3.63) is 21.5 Å². The van der Waals surface area contributed by atoms with E-state index in [-0.39, 0.29) is 5.69 Å². The van der Waals surface area contributed by atoms with E-state index in [4.69, 9.17) is 15.6 Å². The highest BCUT2D eigenvalue weighted by atomic mass is 16.6. The summed E-state index contributed by atoms with van der Waals surface area (Å²) in [6.45, 7) is -0.584. The van der Waals surface area contributed by atoms with E-state index in [2.05, 4.69) is 10.2 Å². The number of nitrogens with zero attached hydrogens (tertiary/aromatic N) is 2. The molecule has 0 aliphatic carbocycles. The van der Waals surface area contributed by atoms with Crippen LogP contribution < -0.4 is 5.73 Å². The number of primary amides is 1. The molecule has 1 aliphatic heterocycles. The number of carbonyl (C=O) groups is 1. The zero-order valence-electron chi connectivity index (χ0n) is 9.96. The minimum atomic E-state index is -1.52. The molecule has 0 spiro atoms. The smallest absolute Gasteiger partial charge is 0.325 e. The molecule has 4 atom stereocenters. The predicted molar refractivity (Wildman–Crippen MR) is 60.5 cm³/mol. The number of H-pyrrole nitrogens is 1. The first-order valence-electron chi connectivity index (χ1n) is 5.53. The summed E-state index contributed by atoms with van der Waals surface area (Å²) in [5.74, 6) is -1.12. The Morgan fingerprint density at radius 3 is 2.60 bits per heavy atom. The number of ether oxygens (including phenoxy) is 1. The van der Waals surface area contributed by atoms with Crippen molar-refractivity contribution in [3.8, 4) is 0 Å². The summed E-state index contributed by atoms with van der Waals surface area (Å²) in [7, 11) is 0. The van der Waals surface area contributed by atoms with E-state index in [0.717, 1.165) is 0 Å². The Bertz CT molecular complexity index is 544. The Labute approximate surface area is 111 Å². The number of nitro groups is 1. The summed E-state index contributed by atoms with van der Waals surface area (Å²) in [5.41, 5.74) is 3.32. The van der Waals surface area contributed by atoms with Crippen molar-refractivity contribution in [1.82, 2.24) is 10.2 Å². The van der Waals surface area contributed by atoms with Crippen molar-refractivity contribution in [2.75, 3.05) is 6.61 Å². The van der Waals surface area contributed by atoms with Gasteiger partial charge in [-0.05, 0) is 0 Å². The standard InChI is InChI=1S/C9H12N4O7/c10-9(17)4-5(13(18)19)3(11-12-4)8-7(16)6(15)2(1-14)20-8/h2,6-8,14-16H,1H2,(H2,10,17)(H,11,12)/t2-,6-,7-,8+/m1/s1. The lowest BCUT2D eigenvalue weighted by atomic mass is 10.0. The van der Waals surface area contributed by atoms with E-state index in [0.29, 0.717) is 0 Å². The molecule has 0 saturated carbocycles. The number of aliphatic hydroxyl groups excluding tert-OH is 3. The van der Waals surface area contributed by atoms with E-state index in [9.17, 15) is 25.1 Å². The molecule has 1 fully saturated rings. The Hall–Kier alpha value is -2.08. The second-order valence-electron chi connectivity index (χ2n) is 4.21. The summed E-state index contributed by atoms with van der Waals surface area (Å²) in [5, 5.41) is 45.0. The Balaban J connectivity index is 2.44. The average molecular weight is 288 g/mol. The molecule has 0 bridgehead atoms. The quantitative estimate of drug-likeness (QED) is 0.299. The largest absolute Gasteiger partial charge is 0.394 e. The molecule has 0 aromatic carbocycles. The monoisotopic (exact) mass is 288 g/mol. The summed E-state index contributed by atoms with van der Waals surface area (Å²) in [4.78, 5) is 21.2. The molecule has 0 unspecified atom stereocenters. The van der Waals surface area contributed by atoms with E-state index >= 15 is 0 Å². The third-order valence-corrected chi connectivity index (χ3v) is 3.01. The Kier molecular flexibility index (Phi) is 3.67. The molecule has 2 rings (SSSR count). The molecule has 1 aliphatic rings. The average Bonchev–Trinajstić information content (AvgIpc) is 2.93. The van der Waals surface area contributed by atoms with Gasteiger partial charge in [-0.2, -0.15) is 5.10 Å². The lowest BCUT2D eigenvalue weighted by Gasteiger charge is -2.11. The van der Waals surface area contributed by atoms with E-state index in [1.165, 1.54) is 0 Å². The van der Waals surface area contributed by atoms with Gasteiger partial charge in [-0.25, -0.2) is 0 Å². The van der Waals surface area contributed by atoms with Crippen molar-refractivity contribution >= 4 is 11.6 Å². The fourth-order valence-electron chi connectivity index (χ4n) is 2.04. The number of amides is 1. The molecule has 1 amide bonds. The number of nitrogens with two attached hydrogens (primary N) is 1. The lowest BCUT2D eigenvalue weighted by molar-refractivity contribution is -0.386. The first-order valence-corrected chi connectivity index (χ1v) is 5.53. The van der Waals surface area contributed by atoms with Crippen LogP contribution in [0, 0.1) is 10.1 Å². The highest BCUT2D eigenvalue weighted by molar-refractivity contribution is 5.95. The molecule has 6 N–H and O–H groups in total. The second kappa shape index (κ2) is 5.13.